The van der Waals surface area contributed by atoms with Crippen LogP contribution >= 0.6 is 24.0 Å². The fourth-order valence-corrected chi connectivity index (χ4v) is 3.66. The summed E-state index contributed by atoms with van der Waals surface area (Å²) in [5, 5.41) is 15.2. The zero-order chi connectivity index (χ0) is 20.8. The summed E-state index contributed by atoms with van der Waals surface area (Å²) in [6.07, 6.45) is 4.82. The van der Waals surface area contributed by atoms with Gasteiger partial charge in [0.1, 0.15) is 11.6 Å². The average molecular weight is 532 g/mol. The van der Waals surface area contributed by atoms with Crippen LogP contribution in [0.1, 0.15) is 24.5 Å². The highest BCUT2D eigenvalue weighted by atomic mass is 127. The van der Waals surface area contributed by atoms with Gasteiger partial charge in [-0.2, -0.15) is 0 Å². The van der Waals surface area contributed by atoms with E-state index in [4.69, 9.17) is 0 Å². The molecule has 3 heterocycles. The van der Waals surface area contributed by atoms with Gasteiger partial charge < -0.3 is 15.2 Å². The molecule has 4 rings (SSSR count). The van der Waals surface area contributed by atoms with E-state index in [0.29, 0.717) is 0 Å². The van der Waals surface area contributed by atoms with E-state index in [1.165, 1.54) is 5.52 Å². The molecule has 2 N–H and O–H groups in total. The third-order valence-electron chi connectivity index (χ3n) is 5.17. The van der Waals surface area contributed by atoms with Crippen LogP contribution in [-0.4, -0.2) is 50.2 Å². The molecular weight excluding hydrogens is 503 g/mol. The Kier molecular flexibility index (Phi) is 8.21. The van der Waals surface area contributed by atoms with Crippen molar-refractivity contribution in [1.82, 2.24) is 34.8 Å². The molecule has 8 nitrogen and oxygen atoms in total. The van der Waals surface area contributed by atoms with Crippen LogP contribution in [0.25, 0.3) is 16.7 Å². The Morgan fingerprint density at radius 1 is 1.00 bits per heavy atom. The molecular formula is C22H29IN8. The molecule has 0 fully saturated rings. The number of nitrogens with one attached hydrogen (secondary N) is 2. The number of aromatic nitrogens is 5. The Morgan fingerprint density at radius 2 is 1.77 bits per heavy atom. The molecule has 0 spiro atoms. The third kappa shape index (κ3) is 5.52. The summed E-state index contributed by atoms with van der Waals surface area (Å²) in [6, 6.07) is 14.2. The lowest BCUT2D eigenvalue weighted by molar-refractivity contribution is 0.622. The molecule has 0 amide bonds. The number of fused-ring (bicyclic) bond motifs is 2. The summed E-state index contributed by atoms with van der Waals surface area (Å²) in [5.74, 6) is 2.87. The van der Waals surface area contributed by atoms with Gasteiger partial charge in [-0.25, -0.2) is 4.98 Å². The molecule has 3 aromatic heterocycles. The summed E-state index contributed by atoms with van der Waals surface area (Å²) in [4.78, 5) is 8.94. The van der Waals surface area contributed by atoms with E-state index in [1.807, 2.05) is 34.9 Å². The Hall–Kier alpha value is -2.69. The van der Waals surface area contributed by atoms with E-state index < -0.39 is 0 Å². The van der Waals surface area contributed by atoms with E-state index in [9.17, 15) is 0 Å². The minimum absolute atomic E-state index is 0. The van der Waals surface area contributed by atoms with Gasteiger partial charge in [-0.1, -0.05) is 18.2 Å². The van der Waals surface area contributed by atoms with Crippen molar-refractivity contribution >= 4 is 46.6 Å². The number of guanidine groups is 1. The second-order valence-electron chi connectivity index (χ2n) is 7.23. The Labute approximate surface area is 199 Å². The average Bonchev–Trinajstić information content (AvgIpc) is 3.33. The minimum atomic E-state index is 0. The first-order valence-electron chi connectivity index (χ1n) is 10.4. The molecule has 1 aromatic carbocycles. The molecule has 0 saturated heterocycles. The predicted octanol–water partition coefficient (Wildman–Crippen LogP) is 3.19. The molecule has 4 aromatic rings. The summed E-state index contributed by atoms with van der Waals surface area (Å²) in [5.41, 5.74) is 3.14. The number of imidazole rings is 1. The third-order valence-corrected chi connectivity index (χ3v) is 5.17. The minimum Gasteiger partial charge on any atom is -0.356 e. The molecule has 164 valence electrons. The van der Waals surface area contributed by atoms with E-state index >= 15 is 0 Å². The van der Waals surface area contributed by atoms with Crippen molar-refractivity contribution in [3.8, 4) is 0 Å². The molecule has 9 heteroatoms. The lowest BCUT2D eigenvalue weighted by Gasteiger charge is -2.12. The summed E-state index contributed by atoms with van der Waals surface area (Å²) in [7, 11) is 1.80. The van der Waals surface area contributed by atoms with Crippen molar-refractivity contribution in [1.29, 1.82) is 0 Å². The number of para-hydroxylation sites is 2. The Bertz CT molecular complexity index is 1150. The van der Waals surface area contributed by atoms with Crippen molar-refractivity contribution in [2.45, 2.75) is 32.7 Å². The number of aliphatic imine (C=N–C) groups is 1. The van der Waals surface area contributed by atoms with Crippen LogP contribution in [0.5, 0.6) is 0 Å². The fraction of sp³-hybridized carbons (Fsp3) is 0.364. The monoisotopic (exact) mass is 532 g/mol. The second kappa shape index (κ2) is 11.1. The van der Waals surface area contributed by atoms with Crippen molar-refractivity contribution in [3.05, 3.63) is 60.3 Å². The van der Waals surface area contributed by atoms with Crippen LogP contribution < -0.4 is 10.6 Å². The molecule has 0 radical (unpaired) electrons. The first-order valence-corrected chi connectivity index (χ1v) is 10.4. The largest absolute Gasteiger partial charge is 0.356 e. The number of aryl methyl sites for hydroxylation is 3. The highest BCUT2D eigenvalue weighted by molar-refractivity contribution is 14.0. The van der Waals surface area contributed by atoms with E-state index in [0.717, 1.165) is 67.7 Å². The van der Waals surface area contributed by atoms with Gasteiger partial charge in [-0.15, -0.1) is 34.2 Å². The van der Waals surface area contributed by atoms with Gasteiger partial charge in [0.2, 0.25) is 0 Å². The Morgan fingerprint density at radius 3 is 2.61 bits per heavy atom. The number of pyridine rings is 1. The van der Waals surface area contributed by atoms with Crippen LogP contribution in [-0.2, 0) is 13.0 Å². The van der Waals surface area contributed by atoms with Crippen LogP contribution in [0.2, 0.25) is 0 Å². The van der Waals surface area contributed by atoms with Crippen molar-refractivity contribution in [2.75, 3.05) is 20.1 Å². The lowest BCUT2D eigenvalue weighted by Crippen LogP contribution is -2.38. The Balaban J connectivity index is 0.00000272. The highest BCUT2D eigenvalue weighted by Gasteiger charge is 2.07. The van der Waals surface area contributed by atoms with Crippen molar-refractivity contribution in [3.63, 3.8) is 0 Å². The SMILES string of the molecule is CN=C(NCCCc1nnc2ccccn12)NCCCn1c(C)nc2ccccc21.I. The maximum Gasteiger partial charge on any atom is 0.190 e. The zero-order valence-electron chi connectivity index (χ0n) is 18.0. The van der Waals surface area contributed by atoms with Gasteiger partial charge in [0.15, 0.2) is 11.6 Å². The van der Waals surface area contributed by atoms with Crippen LogP contribution in [0, 0.1) is 6.92 Å². The van der Waals surface area contributed by atoms with Gasteiger partial charge in [0.25, 0.3) is 0 Å². The number of halogens is 1. The maximum absolute atomic E-state index is 4.63. The van der Waals surface area contributed by atoms with Gasteiger partial charge in [0.05, 0.1) is 11.0 Å². The van der Waals surface area contributed by atoms with Crippen LogP contribution in [0.15, 0.2) is 53.7 Å². The standard InChI is InChI=1S/C22H28N8.HI/c1-17-26-18-9-3-4-10-19(18)29(17)16-8-14-25-22(23-2)24-13-7-12-21-28-27-20-11-5-6-15-30(20)21;/h3-6,9-11,15H,7-8,12-14,16H2,1-2H3,(H2,23,24,25);1H. The molecule has 0 atom stereocenters. The zero-order valence-corrected chi connectivity index (χ0v) is 20.3. The van der Waals surface area contributed by atoms with Gasteiger partial charge >= 0.3 is 0 Å². The highest BCUT2D eigenvalue weighted by Crippen LogP contribution is 2.15. The van der Waals surface area contributed by atoms with Crippen molar-refractivity contribution in [2.24, 2.45) is 4.99 Å². The molecule has 0 aliphatic heterocycles. The van der Waals surface area contributed by atoms with E-state index in [-0.39, 0.29) is 24.0 Å². The summed E-state index contributed by atoms with van der Waals surface area (Å²) < 4.78 is 4.31. The second-order valence-corrected chi connectivity index (χ2v) is 7.23. The number of hydrogen-bond acceptors (Lipinski definition) is 4. The molecule has 0 aliphatic rings. The number of hydrogen-bond donors (Lipinski definition) is 2. The van der Waals surface area contributed by atoms with Gasteiger partial charge in [-0.3, -0.25) is 9.39 Å². The maximum atomic E-state index is 4.63. The van der Waals surface area contributed by atoms with Gasteiger partial charge in [0, 0.05) is 39.3 Å². The topological polar surface area (TPSA) is 84.4 Å². The number of rotatable bonds is 8. The molecule has 0 bridgehead atoms. The first kappa shape index (κ1) is 23.0. The van der Waals surface area contributed by atoms with E-state index in [2.05, 4.69) is 60.5 Å². The smallest absolute Gasteiger partial charge is 0.190 e. The lowest BCUT2D eigenvalue weighted by atomic mass is 10.3. The van der Waals surface area contributed by atoms with Crippen LogP contribution in [0.4, 0.5) is 0 Å². The quantitative estimate of drug-likeness (QED) is 0.158. The first-order chi connectivity index (χ1) is 14.8. The van der Waals surface area contributed by atoms with Gasteiger partial charge in [-0.05, 0) is 44.0 Å². The molecule has 0 unspecified atom stereocenters. The van der Waals surface area contributed by atoms with E-state index in [1.54, 1.807) is 7.05 Å². The number of benzene rings is 1. The molecule has 31 heavy (non-hydrogen) atoms. The summed E-state index contributed by atoms with van der Waals surface area (Å²) in [6.45, 7) is 4.66. The predicted molar refractivity (Wildman–Crippen MR) is 135 cm³/mol. The molecule has 0 aliphatic carbocycles. The fourth-order valence-electron chi connectivity index (χ4n) is 3.66. The summed E-state index contributed by atoms with van der Waals surface area (Å²) >= 11 is 0. The van der Waals surface area contributed by atoms with Crippen molar-refractivity contribution < 1.29 is 0 Å². The number of nitrogens with zero attached hydrogens (tertiary/aromatic N) is 6. The van der Waals surface area contributed by atoms with Crippen LogP contribution in [0.3, 0.4) is 0 Å². The molecule has 0 saturated carbocycles. The normalized spacial score (nSPS) is 11.6.